The van der Waals surface area contributed by atoms with Gasteiger partial charge in [0.25, 0.3) is 0 Å². The molecule has 0 spiro atoms. The maximum absolute atomic E-state index is 13.8. The quantitative estimate of drug-likeness (QED) is 0.464. The van der Waals surface area contributed by atoms with E-state index in [1.54, 1.807) is 31.4 Å². The van der Waals surface area contributed by atoms with Gasteiger partial charge in [-0.2, -0.15) is 0 Å². The largest absolute Gasteiger partial charge is 0.497 e. The predicted octanol–water partition coefficient (Wildman–Crippen LogP) is 3.66. The fourth-order valence-corrected chi connectivity index (χ4v) is 4.77. The summed E-state index contributed by atoms with van der Waals surface area (Å²) < 4.78 is 31.9. The minimum absolute atomic E-state index is 0.154. The minimum Gasteiger partial charge on any atom is -0.497 e. The van der Waals surface area contributed by atoms with Gasteiger partial charge < -0.3 is 15.0 Å². The van der Waals surface area contributed by atoms with Crippen LogP contribution in [0.3, 0.4) is 0 Å². The number of nitrogens with one attached hydrogen (secondary N) is 1. The summed E-state index contributed by atoms with van der Waals surface area (Å²) in [5.41, 5.74) is 2.95. The standard InChI is InChI=1S/C27H39N3O5S/c1-8-24(27(32)28-16-19(2)3)29(17-22-12-14-23(35-6)15-13-22)26(31)18-30(36(7,33)34)25-11-9-10-20(4)21(25)5/h9-15,19,24H,8,16-18H2,1-7H3,(H,28,32). The average molecular weight is 518 g/mol. The molecule has 9 heteroatoms. The van der Waals surface area contributed by atoms with Crippen LogP contribution < -0.4 is 14.4 Å². The molecule has 0 saturated carbocycles. The zero-order chi connectivity index (χ0) is 27.0. The molecule has 8 nitrogen and oxygen atoms in total. The number of ether oxygens (including phenoxy) is 1. The number of sulfonamides is 1. The van der Waals surface area contributed by atoms with Crippen molar-refractivity contribution in [3.63, 3.8) is 0 Å². The van der Waals surface area contributed by atoms with Crippen LogP contribution in [0, 0.1) is 19.8 Å². The van der Waals surface area contributed by atoms with E-state index in [2.05, 4.69) is 5.32 Å². The Morgan fingerprint density at radius 2 is 1.69 bits per heavy atom. The lowest BCUT2D eigenvalue weighted by Crippen LogP contribution is -2.52. The molecular weight excluding hydrogens is 478 g/mol. The number of hydrogen-bond donors (Lipinski definition) is 1. The van der Waals surface area contributed by atoms with E-state index in [1.165, 1.54) is 4.90 Å². The molecule has 2 aromatic rings. The summed E-state index contributed by atoms with van der Waals surface area (Å²) in [6.07, 6.45) is 1.47. The molecule has 2 aromatic carbocycles. The molecule has 0 fully saturated rings. The number of anilines is 1. The van der Waals surface area contributed by atoms with E-state index < -0.39 is 28.5 Å². The van der Waals surface area contributed by atoms with Crippen molar-refractivity contribution < 1.29 is 22.7 Å². The van der Waals surface area contributed by atoms with Crippen LogP contribution in [0.15, 0.2) is 42.5 Å². The molecule has 0 aliphatic carbocycles. The number of benzene rings is 2. The van der Waals surface area contributed by atoms with E-state index in [9.17, 15) is 18.0 Å². The van der Waals surface area contributed by atoms with Gasteiger partial charge in [-0.05, 0) is 61.1 Å². The van der Waals surface area contributed by atoms with Crippen LogP contribution in [-0.4, -0.2) is 57.6 Å². The number of amides is 2. The van der Waals surface area contributed by atoms with Gasteiger partial charge in [0.05, 0.1) is 19.1 Å². The molecule has 1 atom stereocenters. The first-order valence-corrected chi connectivity index (χ1v) is 14.0. The van der Waals surface area contributed by atoms with E-state index in [0.29, 0.717) is 24.4 Å². The molecule has 36 heavy (non-hydrogen) atoms. The van der Waals surface area contributed by atoms with E-state index in [1.807, 2.05) is 52.8 Å². The number of rotatable bonds is 12. The Labute approximate surface area is 215 Å². The first kappa shape index (κ1) is 29.2. The molecular formula is C27H39N3O5S. The van der Waals surface area contributed by atoms with Crippen LogP contribution in [0.1, 0.15) is 43.9 Å². The summed E-state index contributed by atoms with van der Waals surface area (Å²) in [6.45, 7) is 9.78. The lowest BCUT2D eigenvalue weighted by atomic mass is 10.1. The predicted molar refractivity (Wildman–Crippen MR) is 144 cm³/mol. The zero-order valence-electron chi connectivity index (χ0n) is 22.4. The second-order valence-corrected chi connectivity index (χ2v) is 11.3. The Bertz CT molecular complexity index is 1150. The lowest BCUT2D eigenvalue weighted by Gasteiger charge is -2.33. The summed E-state index contributed by atoms with van der Waals surface area (Å²) >= 11 is 0. The highest BCUT2D eigenvalue weighted by molar-refractivity contribution is 7.92. The van der Waals surface area contributed by atoms with E-state index in [-0.39, 0.29) is 18.4 Å². The van der Waals surface area contributed by atoms with Gasteiger partial charge in [-0.3, -0.25) is 13.9 Å². The molecule has 0 aliphatic rings. The van der Waals surface area contributed by atoms with Gasteiger partial charge in [0.15, 0.2) is 0 Å². The number of carbonyl (C=O) groups excluding carboxylic acids is 2. The molecule has 0 aliphatic heterocycles. The van der Waals surface area contributed by atoms with Gasteiger partial charge in [0.2, 0.25) is 21.8 Å². The highest BCUT2D eigenvalue weighted by Crippen LogP contribution is 2.26. The Morgan fingerprint density at radius 3 is 2.22 bits per heavy atom. The van der Waals surface area contributed by atoms with Gasteiger partial charge in [-0.15, -0.1) is 0 Å². The third-order valence-electron chi connectivity index (χ3n) is 6.11. The fraction of sp³-hybridized carbons (Fsp3) is 0.481. The van der Waals surface area contributed by atoms with E-state index >= 15 is 0 Å². The Balaban J connectivity index is 2.46. The Kier molecular flexibility index (Phi) is 10.3. The number of hydrogen-bond acceptors (Lipinski definition) is 5. The normalized spacial score (nSPS) is 12.2. The lowest BCUT2D eigenvalue weighted by molar-refractivity contribution is -0.140. The highest BCUT2D eigenvalue weighted by Gasteiger charge is 2.32. The summed E-state index contributed by atoms with van der Waals surface area (Å²) in [4.78, 5) is 28.3. The van der Waals surface area contributed by atoms with Gasteiger partial charge in [0, 0.05) is 13.1 Å². The molecule has 198 valence electrons. The Hall–Kier alpha value is -3.07. The number of methoxy groups -OCH3 is 1. The van der Waals surface area contributed by atoms with Crippen molar-refractivity contribution in [1.29, 1.82) is 0 Å². The maximum atomic E-state index is 13.8. The monoisotopic (exact) mass is 517 g/mol. The van der Waals surface area contributed by atoms with Crippen molar-refractivity contribution in [2.24, 2.45) is 5.92 Å². The summed E-state index contributed by atoms with van der Waals surface area (Å²) in [5, 5.41) is 2.92. The first-order valence-electron chi connectivity index (χ1n) is 12.1. The second kappa shape index (κ2) is 12.8. The maximum Gasteiger partial charge on any atom is 0.244 e. The smallest absolute Gasteiger partial charge is 0.244 e. The van der Waals surface area contributed by atoms with Crippen LogP contribution in [0.4, 0.5) is 5.69 Å². The molecule has 0 radical (unpaired) electrons. The van der Waals surface area contributed by atoms with Crippen molar-refractivity contribution in [1.82, 2.24) is 10.2 Å². The van der Waals surface area contributed by atoms with Gasteiger partial charge in [-0.25, -0.2) is 8.42 Å². The van der Waals surface area contributed by atoms with Gasteiger partial charge >= 0.3 is 0 Å². The molecule has 2 rings (SSSR count). The van der Waals surface area contributed by atoms with Crippen molar-refractivity contribution in [3.8, 4) is 5.75 Å². The second-order valence-electron chi connectivity index (χ2n) is 9.42. The molecule has 1 unspecified atom stereocenters. The number of nitrogens with zero attached hydrogens (tertiary/aromatic N) is 2. The third-order valence-corrected chi connectivity index (χ3v) is 7.23. The van der Waals surface area contributed by atoms with Crippen LogP contribution in [0.25, 0.3) is 0 Å². The average Bonchev–Trinajstić information content (AvgIpc) is 2.82. The van der Waals surface area contributed by atoms with Crippen molar-refractivity contribution in [2.45, 2.75) is 53.6 Å². The van der Waals surface area contributed by atoms with E-state index in [0.717, 1.165) is 27.3 Å². The number of carbonyl (C=O) groups is 2. The molecule has 2 amide bonds. The fourth-order valence-electron chi connectivity index (χ4n) is 3.87. The van der Waals surface area contributed by atoms with Crippen LogP contribution in [0.2, 0.25) is 0 Å². The Morgan fingerprint density at radius 1 is 1.06 bits per heavy atom. The molecule has 1 N–H and O–H groups in total. The highest BCUT2D eigenvalue weighted by atomic mass is 32.2. The summed E-state index contributed by atoms with van der Waals surface area (Å²) in [7, 11) is -2.20. The van der Waals surface area contributed by atoms with Crippen molar-refractivity contribution in [3.05, 3.63) is 59.2 Å². The first-order chi connectivity index (χ1) is 16.9. The van der Waals surface area contributed by atoms with Gasteiger partial charge in [0.1, 0.15) is 18.3 Å². The zero-order valence-corrected chi connectivity index (χ0v) is 23.2. The minimum atomic E-state index is -3.77. The van der Waals surface area contributed by atoms with Crippen LogP contribution in [-0.2, 0) is 26.2 Å². The van der Waals surface area contributed by atoms with E-state index in [4.69, 9.17) is 4.74 Å². The summed E-state index contributed by atoms with van der Waals surface area (Å²) in [5.74, 6) is 0.216. The summed E-state index contributed by atoms with van der Waals surface area (Å²) in [6, 6.07) is 11.8. The number of aryl methyl sites for hydroxylation is 1. The molecule has 0 aromatic heterocycles. The molecule has 0 heterocycles. The van der Waals surface area contributed by atoms with Crippen molar-refractivity contribution in [2.75, 3.05) is 30.8 Å². The van der Waals surface area contributed by atoms with Crippen molar-refractivity contribution >= 4 is 27.5 Å². The van der Waals surface area contributed by atoms with Gasteiger partial charge in [-0.1, -0.05) is 45.0 Å². The third kappa shape index (κ3) is 7.71. The van der Waals surface area contributed by atoms with Crippen LogP contribution in [0.5, 0.6) is 5.75 Å². The SMILES string of the molecule is CCC(C(=O)NCC(C)C)N(Cc1ccc(OC)cc1)C(=O)CN(c1cccc(C)c1C)S(C)(=O)=O. The molecule has 0 saturated heterocycles. The molecule has 0 bridgehead atoms. The topological polar surface area (TPSA) is 96.0 Å². The van der Waals surface area contributed by atoms with Crippen LogP contribution >= 0.6 is 0 Å².